The molecule has 1 aliphatic heterocycles. The topological polar surface area (TPSA) is 125 Å². The van der Waals surface area contributed by atoms with Crippen LogP contribution < -0.4 is 5.32 Å². The third-order valence-corrected chi connectivity index (χ3v) is 6.28. The number of aliphatic hydroxyl groups excluding tert-OH is 1. The Morgan fingerprint density at radius 1 is 1.19 bits per heavy atom. The molecule has 3 aromatic rings. The Morgan fingerprint density at radius 2 is 2.00 bits per heavy atom. The van der Waals surface area contributed by atoms with E-state index in [4.69, 9.17) is 4.52 Å². The number of hydrogen-bond acceptors (Lipinski definition) is 8. The van der Waals surface area contributed by atoms with E-state index in [9.17, 15) is 15.0 Å². The lowest BCUT2D eigenvalue weighted by atomic mass is 9.98. The zero-order chi connectivity index (χ0) is 22.3. The molecule has 3 unspecified atom stereocenters. The SMILES string of the molecule is CN1CCC(O)(c2cc(-c3cccc(-c4ccnc(NC5CCC(O)C5)n4)c3)no2)C1=O. The van der Waals surface area contributed by atoms with Crippen LogP contribution in [0.1, 0.15) is 31.4 Å². The Balaban J connectivity index is 1.38. The van der Waals surface area contributed by atoms with Gasteiger partial charge in [-0.1, -0.05) is 23.4 Å². The molecule has 2 fully saturated rings. The summed E-state index contributed by atoms with van der Waals surface area (Å²) in [6, 6.07) is 11.3. The van der Waals surface area contributed by atoms with Crippen molar-refractivity contribution < 1.29 is 19.5 Å². The van der Waals surface area contributed by atoms with E-state index in [-0.39, 0.29) is 30.2 Å². The van der Waals surface area contributed by atoms with E-state index in [1.54, 1.807) is 19.3 Å². The maximum atomic E-state index is 12.3. The first-order valence-electron chi connectivity index (χ1n) is 10.8. The number of nitrogens with one attached hydrogen (secondary N) is 1. The van der Waals surface area contributed by atoms with Gasteiger partial charge in [0.2, 0.25) is 11.5 Å². The van der Waals surface area contributed by atoms with Crippen LogP contribution in [0.15, 0.2) is 47.1 Å². The predicted molar refractivity (Wildman–Crippen MR) is 116 cm³/mol. The van der Waals surface area contributed by atoms with Gasteiger partial charge in [0.05, 0.1) is 11.8 Å². The first-order valence-corrected chi connectivity index (χ1v) is 10.8. The fourth-order valence-electron chi connectivity index (χ4n) is 4.39. The molecule has 0 bridgehead atoms. The van der Waals surface area contributed by atoms with Crippen LogP contribution in [0, 0.1) is 0 Å². The number of hydrogen-bond donors (Lipinski definition) is 3. The highest BCUT2D eigenvalue weighted by atomic mass is 16.5. The molecule has 9 nitrogen and oxygen atoms in total. The Hall–Kier alpha value is -3.30. The number of likely N-dealkylation sites (tertiary alicyclic amines) is 1. The van der Waals surface area contributed by atoms with E-state index in [0.29, 0.717) is 24.6 Å². The summed E-state index contributed by atoms with van der Waals surface area (Å²) in [6.07, 6.45) is 4.08. The van der Waals surface area contributed by atoms with Crippen molar-refractivity contribution in [2.45, 2.75) is 43.4 Å². The van der Waals surface area contributed by atoms with Gasteiger partial charge in [-0.3, -0.25) is 4.79 Å². The predicted octanol–water partition coefficient (Wildman–Crippen LogP) is 2.17. The van der Waals surface area contributed by atoms with E-state index in [1.807, 2.05) is 30.3 Å². The minimum Gasteiger partial charge on any atom is -0.393 e. The van der Waals surface area contributed by atoms with E-state index in [2.05, 4.69) is 20.4 Å². The van der Waals surface area contributed by atoms with Gasteiger partial charge in [0.1, 0.15) is 5.69 Å². The number of carbonyl (C=O) groups is 1. The van der Waals surface area contributed by atoms with Gasteiger partial charge in [0.25, 0.3) is 5.91 Å². The summed E-state index contributed by atoms with van der Waals surface area (Å²) in [5.74, 6) is 0.297. The Bertz CT molecular complexity index is 1150. The number of aliphatic hydroxyl groups is 2. The van der Waals surface area contributed by atoms with E-state index >= 15 is 0 Å². The number of carbonyl (C=O) groups excluding carboxylic acids is 1. The molecule has 9 heteroatoms. The first kappa shape index (κ1) is 20.6. The number of aromatic nitrogens is 3. The summed E-state index contributed by atoms with van der Waals surface area (Å²) in [5.41, 5.74) is 1.27. The fraction of sp³-hybridized carbons (Fsp3) is 0.391. The van der Waals surface area contributed by atoms with E-state index in [1.165, 1.54) is 4.90 Å². The molecule has 1 aromatic carbocycles. The van der Waals surface area contributed by atoms with Crippen LogP contribution in [0.4, 0.5) is 5.95 Å². The van der Waals surface area contributed by atoms with Gasteiger partial charge >= 0.3 is 0 Å². The lowest BCUT2D eigenvalue weighted by Gasteiger charge is -2.16. The molecule has 32 heavy (non-hydrogen) atoms. The van der Waals surface area contributed by atoms with Crippen molar-refractivity contribution >= 4 is 11.9 Å². The molecule has 0 radical (unpaired) electrons. The second-order valence-corrected chi connectivity index (χ2v) is 8.57. The van der Waals surface area contributed by atoms with Gasteiger partial charge in [-0.2, -0.15) is 0 Å². The van der Waals surface area contributed by atoms with Crippen LogP contribution in [0.3, 0.4) is 0 Å². The molecule has 166 valence electrons. The molecule has 1 saturated heterocycles. The normalized spacial score (nSPS) is 25.5. The van der Waals surface area contributed by atoms with Crippen molar-refractivity contribution in [2.24, 2.45) is 0 Å². The van der Waals surface area contributed by atoms with Crippen LogP contribution in [0.2, 0.25) is 0 Å². The molecule has 3 atom stereocenters. The summed E-state index contributed by atoms with van der Waals surface area (Å²) in [6.45, 7) is 0.463. The summed E-state index contributed by atoms with van der Waals surface area (Å²) in [5, 5.41) is 27.9. The average Bonchev–Trinajstić information content (AvgIpc) is 3.52. The van der Waals surface area contributed by atoms with Gasteiger partial charge in [-0.25, -0.2) is 9.97 Å². The van der Waals surface area contributed by atoms with Gasteiger partial charge in [0, 0.05) is 49.4 Å². The molecule has 1 saturated carbocycles. The standard InChI is InChI=1S/C23H25N5O4/c1-28-10-8-23(31,21(28)30)20-13-19(27-32-20)15-4-2-3-14(11-15)18-7-9-24-22(26-18)25-16-5-6-17(29)12-16/h2-4,7,9,11,13,16-17,29,31H,5-6,8,10,12H2,1H3,(H,24,25,26). The smallest absolute Gasteiger partial charge is 0.262 e. The number of likely N-dealkylation sites (N-methyl/N-ethyl adjacent to an activating group) is 1. The Labute approximate surface area is 185 Å². The largest absolute Gasteiger partial charge is 0.393 e. The van der Waals surface area contributed by atoms with Gasteiger partial charge < -0.3 is 25.0 Å². The number of anilines is 1. The molecule has 3 N–H and O–H groups in total. The number of amides is 1. The van der Waals surface area contributed by atoms with E-state index in [0.717, 1.165) is 29.7 Å². The lowest BCUT2D eigenvalue weighted by Crippen LogP contribution is -2.35. The lowest BCUT2D eigenvalue weighted by molar-refractivity contribution is -0.144. The highest BCUT2D eigenvalue weighted by molar-refractivity contribution is 5.87. The highest BCUT2D eigenvalue weighted by Crippen LogP contribution is 2.35. The van der Waals surface area contributed by atoms with Crippen molar-refractivity contribution in [2.75, 3.05) is 18.9 Å². The molecule has 5 rings (SSSR count). The second-order valence-electron chi connectivity index (χ2n) is 8.57. The first-order chi connectivity index (χ1) is 15.4. The summed E-state index contributed by atoms with van der Waals surface area (Å²) in [7, 11) is 1.65. The average molecular weight is 435 g/mol. The molecule has 3 heterocycles. The van der Waals surface area contributed by atoms with E-state index < -0.39 is 5.60 Å². The monoisotopic (exact) mass is 435 g/mol. The maximum Gasteiger partial charge on any atom is 0.262 e. The third kappa shape index (κ3) is 3.74. The number of rotatable bonds is 5. The summed E-state index contributed by atoms with van der Waals surface area (Å²) >= 11 is 0. The molecule has 2 aromatic heterocycles. The van der Waals surface area contributed by atoms with Gasteiger partial charge in [-0.15, -0.1) is 0 Å². The molecular formula is C23H25N5O4. The summed E-state index contributed by atoms with van der Waals surface area (Å²) < 4.78 is 5.37. The van der Waals surface area contributed by atoms with Crippen LogP contribution in [0.25, 0.3) is 22.5 Å². The molecule has 2 aliphatic rings. The second kappa shape index (κ2) is 7.99. The van der Waals surface area contributed by atoms with Crippen molar-refractivity contribution in [1.29, 1.82) is 0 Å². The summed E-state index contributed by atoms with van der Waals surface area (Å²) in [4.78, 5) is 22.8. The fourth-order valence-corrected chi connectivity index (χ4v) is 4.39. The molecular weight excluding hydrogens is 410 g/mol. The van der Waals surface area contributed by atoms with Crippen molar-refractivity contribution in [1.82, 2.24) is 20.0 Å². The minimum absolute atomic E-state index is 0.152. The Kier molecular flexibility index (Phi) is 5.15. The zero-order valence-corrected chi connectivity index (χ0v) is 17.7. The van der Waals surface area contributed by atoms with Crippen LogP contribution in [-0.4, -0.2) is 61.9 Å². The Morgan fingerprint density at radius 3 is 2.72 bits per heavy atom. The molecule has 1 amide bonds. The van der Waals surface area contributed by atoms with Gasteiger partial charge in [0.15, 0.2) is 5.76 Å². The van der Waals surface area contributed by atoms with Crippen LogP contribution >= 0.6 is 0 Å². The highest BCUT2D eigenvalue weighted by Gasteiger charge is 2.48. The zero-order valence-electron chi connectivity index (χ0n) is 17.7. The van der Waals surface area contributed by atoms with Crippen molar-refractivity contribution in [3.8, 4) is 22.5 Å². The van der Waals surface area contributed by atoms with Gasteiger partial charge in [-0.05, 0) is 31.4 Å². The number of benzene rings is 1. The third-order valence-electron chi connectivity index (χ3n) is 6.28. The molecule has 1 aliphatic carbocycles. The van der Waals surface area contributed by atoms with Crippen LogP contribution in [-0.2, 0) is 10.4 Å². The minimum atomic E-state index is -1.67. The quantitative estimate of drug-likeness (QED) is 0.557. The van der Waals surface area contributed by atoms with Crippen molar-refractivity contribution in [3.05, 3.63) is 48.4 Å². The molecule has 0 spiro atoms. The maximum absolute atomic E-state index is 12.3. The number of nitrogens with zero attached hydrogens (tertiary/aromatic N) is 4. The van der Waals surface area contributed by atoms with Crippen molar-refractivity contribution in [3.63, 3.8) is 0 Å². The van der Waals surface area contributed by atoms with Crippen LogP contribution in [0.5, 0.6) is 0 Å².